The van der Waals surface area contributed by atoms with E-state index >= 15 is 0 Å². The van der Waals surface area contributed by atoms with Crippen molar-refractivity contribution < 1.29 is 14.6 Å². The van der Waals surface area contributed by atoms with E-state index in [-0.39, 0.29) is 11.6 Å². The van der Waals surface area contributed by atoms with E-state index in [0.717, 1.165) is 17.1 Å². The molecule has 11 heteroatoms. The monoisotopic (exact) mass is 469 g/mol. The van der Waals surface area contributed by atoms with Gasteiger partial charge in [0.15, 0.2) is 6.35 Å². The number of hydrogen-bond acceptors (Lipinski definition) is 7. The summed E-state index contributed by atoms with van der Waals surface area (Å²) in [6, 6.07) is 9.29. The number of aryl methyl sites for hydroxylation is 1. The first kappa shape index (κ1) is 21.5. The van der Waals surface area contributed by atoms with Gasteiger partial charge in [0.2, 0.25) is 5.95 Å². The van der Waals surface area contributed by atoms with Crippen LogP contribution < -0.4 is 5.32 Å². The number of nitrogens with zero attached hydrogens (tertiary/aromatic N) is 6. The lowest BCUT2D eigenvalue weighted by Crippen LogP contribution is -2.31. The summed E-state index contributed by atoms with van der Waals surface area (Å²) in [6.45, 7) is 0.123. The topological polar surface area (TPSA) is 104 Å². The second-order valence-corrected chi connectivity index (χ2v) is 8.16. The van der Waals surface area contributed by atoms with Crippen molar-refractivity contribution in [3.8, 4) is 11.3 Å². The molecule has 3 N–H and O–H groups in total. The fraction of sp³-hybridized carbons (Fsp3) is 0.227. The third-order valence-electron chi connectivity index (χ3n) is 5.74. The number of rotatable bonds is 6. The van der Waals surface area contributed by atoms with Gasteiger partial charge in [0, 0.05) is 43.3 Å². The molecule has 33 heavy (non-hydrogen) atoms. The number of benzene rings is 1. The molecule has 0 radical (unpaired) electrons. The van der Waals surface area contributed by atoms with E-state index in [1.807, 2.05) is 25.4 Å². The van der Waals surface area contributed by atoms with Crippen LogP contribution in [0.2, 0.25) is 5.02 Å². The van der Waals surface area contributed by atoms with Gasteiger partial charge in [0.25, 0.3) is 0 Å². The summed E-state index contributed by atoms with van der Waals surface area (Å²) < 4.78 is 17.0. The van der Waals surface area contributed by atoms with Gasteiger partial charge in [-0.1, -0.05) is 17.7 Å². The molecule has 0 bridgehead atoms. The molecule has 2 atom stereocenters. The van der Waals surface area contributed by atoms with Gasteiger partial charge in [-0.2, -0.15) is 5.10 Å². The fourth-order valence-electron chi connectivity index (χ4n) is 4.02. The quantitative estimate of drug-likeness (QED) is 0.398. The van der Waals surface area contributed by atoms with E-state index in [1.54, 1.807) is 38.7 Å². The Bertz CT molecular complexity index is 1310. The maximum atomic E-state index is 13.6. The van der Waals surface area contributed by atoms with E-state index in [0.29, 0.717) is 23.8 Å². The highest BCUT2D eigenvalue weighted by Crippen LogP contribution is 2.37. The number of halogens is 2. The highest BCUT2D eigenvalue weighted by atomic mass is 35.5. The zero-order chi connectivity index (χ0) is 23.1. The van der Waals surface area contributed by atoms with Crippen LogP contribution in [0.4, 0.5) is 16.2 Å². The molecule has 1 aliphatic rings. The summed E-state index contributed by atoms with van der Waals surface area (Å²) in [6.07, 6.45) is 4.13. The SMILES string of the molecule is Cn1nccc1Nc1nccc(-c2cc3n(c2)C(O)N([C@H](CO)c2ccc(F)c(Cl)c2)C3)n1. The normalized spacial score (nSPS) is 16.7. The number of aromatic nitrogens is 5. The van der Waals surface area contributed by atoms with Crippen LogP contribution in [-0.2, 0) is 13.6 Å². The van der Waals surface area contributed by atoms with Gasteiger partial charge in [0.05, 0.1) is 29.6 Å². The van der Waals surface area contributed by atoms with Crippen LogP contribution in [0, 0.1) is 5.82 Å². The largest absolute Gasteiger partial charge is 0.394 e. The average Bonchev–Trinajstić information content (AvgIpc) is 3.49. The number of fused-ring (bicyclic) bond motifs is 1. The third-order valence-corrected chi connectivity index (χ3v) is 6.03. The molecular formula is C22H21ClFN7O2. The minimum atomic E-state index is -1.01. The van der Waals surface area contributed by atoms with Crippen molar-refractivity contribution in [3.05, 3.63) is 77.1 Å². The van der Waals surface area contributed by atoms with Crippen molar-refractivity contribution in [1.29, 1.82) is 0 Å². The number of anilines is 2. The van der Waals surface area contributed by atoms with Gasteiger partial charge in [-0.3, -0.25) is 4.68 Å². The second-order valence-electron chi connectivity index (χ2n) is 7.75. The Balaban J connectivity index is 1.38. The van der Waals surface area contributed by atoms with Crippen molar-refractivity contribution in [2.24, 2.45) is 7.05 Å². The van der Waals surface area contributed by atoms with Gasteiger partial charge in [-0.25, -0.2) is 19.3 Å². The molecule has 5 rings (SSSR count). The van der Waals surface area contributed by atoms with E-state index in [4.69, 9.17) is 11.6 Å². The maximum absolute atomic E-state index is 13.6. The highest BCUT2D eigenvalue weighted by Gasteiger charge is 2.35. The van der Waals surface area contributed by atoms with Crippen molar-refractivity contribution in [3.63, 3.8) is 0 Å². The molecular weight excluding hydrogens is 449 g/mol. The predicted octanol–water partition coefficient (Wildman–Crippen LogP) is 3.21. The zero-order valence-corrected chi connectivity index (χ0v) is 18.4. The minimum absolute atomic E-state index is 0.0270. The molecule has 0 saturated heterocycles. The first-order chi connectivity index (χ1) is 15.9. The van der Waals surface area contributed by atoms with Crippen LogP contribution in [0.5, 0.6) is 0 Å². The van der Waals surface area contributed by atoms with Crippen molar-refractivity contribution >= 4 is 23.4 Å². The second kappa shape index (κ2) is 8.56. The molecule has 1 aromatic carbocycles. The van der Waals surface area contributed by atoms with Gasteiger partial charge >= 0.3 is 0 Å². The Morgan fingerprint density at radius 3 is 2.79 bits per heavy atom. The summed E-state index contributed by atoms with van der Waals surface area (Å²) in [4.78, 5) is 10.6. The van der Waals surface area contributed by atoms with Crippen LogP contribution in [0.25, 0.3) is 11.3 Å². The van der Waals surface area contributed by atoms with Crippen LogP contribution in [0.3, 0.4) is 0 Å². The summed E-state index contributed by atoms with van der Waals surface area (Å²) in [5.41, 5.74) is 2.99. The number of hydrogen-bond donors (Lipinski definition) is 3. The number of nitrogens with one attached hydrogen (secondary N) is 1. The molecule has 1 unspecified atom stereocenters. The molecule has 0 saturated carbocycles. The Morgan fingerprint density at radius 1 is 1.24 bits per heavy atom. The molecule has 0 amide bonds. The lowest BCUT2D eigenvalue weighted by Gasteiger charge is -2.29. The fourth-order valence-corrected chi connectivity index (χ4v) is 4.21. The van der Waals surface area contributed by atoms with E-state index in [9.17, 15) is 14.6 Å². The third kappa shape index (κ3) is 3.98. The highest BCUT2D eigenvalue weighted by molar-refractivity contribution is 6.30. The number of aliphatic hydroxyl groups is 2. The van der Waals surface area contributed by atoms with E-state index in [2.05, 4.69) is 20.4 Å². The first-order valence-electron chi connectivity index (χ1n) is 10.2. The average molecular weight is 470 g/mol. The van der Waals surface area contributed by atoms with Gasteiger partial charge in [0.1, 0.15) is 11.6 Å². The molecule has 4 heterocycles. The predicted molar refractivity (Wildman–Crippen MR) is 120 cm³/mol. The van der Waals surface area contributed by atoms with E-state index in [1.165, 1.54) is 12.1 Å². The molecule has 170 valence electrons. The lowest BCUT2D eigenvalue weighted by molar-refractivity contribution is -0.0708. The van der Waals surface area contributed by atoms with Crippen molar-refractivity contribution in [2.45, 2.75) is 18.9 Å². The molecule has 9 nitrogen and oxygen atoms in total. The van der Waals surface area contributed by atoms with Gasteiger partial charge in [-0.15, -0.1) is 0 Å². The van der Waals surface area contributed by atoms with Crippen LogP contribution in [0.15, 0.2) is 55.0 Å². The summed E-state index contributed by atoms with van der Waals surface area (Å²) >= 11 is 5.92. The lowest BCUT2D eigenvalue weighted by atomic mass is 10.1. The molecule has 3 aromatic heterocycles. The molecule has 1 aliphatic heterocycles. The smallest absolute Gasteiger partial charge is 0.228 e. The van der Waals surface area contributed by atoms with Crippen molar-refractivity contribution in [1.82, 2.24) is 29.2 Å². The van der Waals surface area contributed by atoms with E-state index < -0.39 is 18.2 Å². The molecule has 0 spiro atoms. The Morgan fingerprint density at radius 2 is 2.09 bits per heavy atom. The maximum Gasteiger partial charge on any atom is 0.228 e. The van der Waals surface area contributed by atoms with Gasteiger partial charge in [-0.05, 0) is 29.8 Å². The van der Waals surface area contributed by atoms with Crippen molar-refractivity contribution in [2.75, 3.05) is 11.9 Å². The molecule has 4 aromatic rings. The summed E-state index contributed by atoms with van der Waals surface area (Å²) in [5.74, 6) is 0.656. The van der Waals surface area contributed by atoms with Crippen LogP contribution in [0.1, 0.15) is 23.7 Å². The van der Waals surface area contributed by atoms with Crippen LogP contribution in [-0.4, -0.2) is 46.0 Å². The first-order valence-corrected chi connectivity index (χ1v) is 10.6. The molecule has 0 aliphatic carbocycles. The molecule has 0 fully saturated rings. The van der Waals surface area contributed by atoms with Crippen LogP contribution >= 0.6 is 11.6 Å². The Kier molecular flexibility index (Phi) is 5.59. The zero-order valence-electron chi connectivity index (χ0n) is 17.6. The standard InChI is InChI=1S/C22H21ClFN7O2/c1-29-20(5-7-26-29)28-21-25-6-4-18(27-21)14-8-15-11-31(22(33)30(15)10-14)19(12-32)13-2-3-17(24)16(23)9-13/h2-10,19,22,32-33H,11-12H2,1H3,(H,25,27,28)/t19-,22?/m1/s1. The minimum Gasteiger partial charge on any atom is -0.394 e. The summed E-state index contributed by atoms with van der Waals surface area (Å²) in [5, 5.41) is 28.2. The summed E-state index contributed by atoms with van der Waals surface area (Å²) in [7, 11) is 1.82. The number of aliphatic hydroxyl groups excluding tert-OH is 2. The Labute approximate surface area is 193 Å². The van der Waals surface area contributed by atoms with Gasteiger partial charge < -0.3 is 20.1 Å². The Hall–Kier alpha value is -3.31.